The van der Waals surface area contributed by atoms with Crippen LogP contribution >= 0.6 is 11.3 Å². The number of hydrogen-bond acceptors (Lipinski definition) is 5. The summed E-state index contributed by atoms with van der Waals surface area (Å²) in [5, 5.41) is 2.48. The van der Waals surface area contributed by atoms with E-state index in [4.69, 9.17) is 0 Å². The number of benzene rings is 1. The molecule has 4 rings (SSSR count). The van der Waals surface area contributed by atoms with E-state index in [1.165, 1.54) is 29.1 Å². The van der Waals surface area contributed by atoms with Crippen molar-refractivity contribution in [3.8, 4) is 0 Å². The fourth-order valence-corrected chi connectivity index (χ4v) is 5.20. The maximum atomic E-state index is 13.3. The molecule has 0 saturated carbocycles. The molecule has 180 valence electrons. The molecule has 0 radical (unpaired) electrons. The molecule has 2 aromatic heterocycles. The highest BCUT2D eigenvalue weighted by Crippen LogP contribution is 2.35. The number of hydrogen-bond donors (Lipinski definition) is 1. The number of carbonyl (C=O) groups excluding carboxylic acids is 2. The number of nitrogens with zero attached hydrogens (tertiary/aromatic N) is 3. The number of halogens is 3. The lowest BCUT2D eigenvalue weighted by Gasteiger charge is -2.31. The highest BCUT2D eigenvalue weighted by Gasteiger charge is 2.34. The Morgan fingerprint density at radius 1 is 1.26 bits per heavy atom. The Morgan fingerprint density at radius 2 is 2.00 bits per heavy atom. The predicted molar refractivity (Wildman–Crippen MR) is 123 cm³/mol. The number of anilines is 1. The van der Waals surface area contributed by atoms with Gasteiger partial charge in [-0.15, -0.1) is 11.3 Å². The maximum absolute atomic E-state index is 13.3. The van der Waals surface area contributed by atoms with E-state index in [1.54, 1.807) is 11.8 Å². The van der Waals surface area contributed by atoms with Crippen molar-refractivity contribution in [3.63, 3.8) is 0 Å². The number of nitrogens with one attached hydrogen (secondary N) is 1. The lowest BCUT2D eigenvalue weighted by Crippen LogP contribution is -2.42. The number of alkyl halides is 3. The van der Waals surface area contributed by atoms with Crippen molar-refractivity contribution in [2.75, 3.05) is 18.4 Å². The lowest BCUT2D eigenvalue weighted by molar-refractivity contribution is -0.137. The molecule has 1 N–H and O–H groups in total. The number of aromatic nitrogens is 2. The first-order valence-corrected chi connectivity index (χ1v) is 11.6. The molecule has 0 bridgehead atoms. The number of amides is 2. The van der Waals surface area contributed by atoms with Crippen LogP contribution in [0.4, 0.5) is 18.9 Å². The molecule has 2 amide bonds. The summed E-state index contributed by atoms with van der Waals surface area (Å²) in [5.74, 6) is -0.538. The Kier molecular flexibility index (Phi) is 6.48. The van der Waals surface area contributed by atoms with Crippen molar-refractivity contribution in [2.24, 2.45) is 5.92 Å². The van der Waals surface area contributed by atoms with Crippen molar-refractivity contribution < 1.29 is 22.8 Å². The number of carbonyl (C=O) groups is 2. The molecule has 3 aromatic rings. The van der Waals surface area contributed by atoms with Gasteiger partial charge in [0.25, 0.3) is 11.5 Å². The monoisotopic (exact) mass is 492 g/mol. The first-order chi connectivity index (χ1) is 16.1. The Labute approximate surface area is 197 Å². The first-order valence-electron chi connectivity index (χ1n) is 10.8. The highest BCUT2D eigenvalue weighted by molar-refractivity contribution is 7.20. The van der Waals surface area contributed by atoms with Crippen LogP contribution in [0.3, 0.4) is 0 Å². The van der Waals surface area contributed by atoms with E-state index in [1.807, 2.05) is 0 Å². The van der Waals surface area contributed by atoms with Gasteiger partial charge in [-0.05, 0) is 43.4 Å². The molecule has 1 aromatic carbocycles. The molecule has 0 aliphatic carbocycles. The Hall–Kier alpha value is -3.21. The molecule has 7 nitrogen and oxygen atoms in total. The number of para-hydroxylation sites is 1. The van der Waals surface area contributed by atoms with Gasteiger partial charge in [0.05, 0.1) is 27.8 Å². The van der Waals surface area contributed by atoms with Crippen molar-refractivity contribution in [2.45, 2.75) is 39.4 Å². The van der Waals surface area contributed by atoms with Crippen molar-refractivity contribution in [1.82, 2.24) is 14.5 Å². The van der Waals surface area contributed by atoms with E-state index in [-0.39, 0.29) is 33.2 Å². The zero-order valence-corrected chi connectivity index (χ0v) is 19.4. The summed E-state index contributed by atoms with van der Waals surface area (Å²) in [6.07, 6.45) is -1.39. The summed E-state index contributed by atoms with van der Waals surface area (Å²) in [6.45, 7) is 4.75. The molecule has 11 heteroatoms. The van der Waals surface area contributed by atoms with Crippen LogP contribution in [0.1, 0.15) is 40.6 Å². The summed E-state index contributed by atoms with van der Waals surface area (Å²) in [5.41, 5.74) is -1.49. The van der Waals surface area contributed by atoms with Gasteiger partial charge in [0.1, 0.15) is 11.4 Å². The largest absolute Gasteiger partial charge is 0.418 e. The number of thiophene rings is 1. The van der Waals surface area contributed by atoms with Crippen LogP contribution in [-0.2, 0) is 17.5 Å². The normalized spacial score (nSPS) is 16.6. The van der Waals surface area contributed by atoms with E-state index < -0.39 is 23.2 Å². The van der Waals surface area contributed by atoms with Crippen molar-refractivity contribution in [3.05, 3.63) is 57.0 Å². The average molecular weight is 493 g/mol. The predicted octanol–water partition coefficient (Wildman–Crippen LogP) is 4.30. The first kappa shape index (κ1) is 23.9. The number of rotatable bonds is 4. The number of piperidine rings is 1. The van der Waals surface area contributed by atoms with Crippen LogP contribution in [0.2, 0.25) is 0 Å². The molecular weight excluding hydrogens is 469 g/mol. The molecule has 0 unspecified atom stereocenters. The van der Waals surface area contributed by atoms with Crippen LogP contribution in [0, 0.1) is 12.8 Å². The smallest absolute Gasteiger partial charge is 0.341 e. The maximum Gasteiger partial charge on any atom is 0.418 e. The average Bonchev–Trinajstić information content (AvgIpc) is 3.12. The zero-order chi connectivity index (χ0) is 24.6. The number of aryl methyl sites for hydroxylation is 1. The second-order valence-electron chi connectivity index (χ2n) is 8.50. The summed E-state index contributed by atoms with van der Waals surface area (Å²) in [7, 11) is 0. The Balaban J connectivity index is 1.61. The molecule has 0 spiro atoms. The minimum atomic E-state index is -4.63. The van der Waals surface area contributed by atoms with Gasteiger partial charge >= 0.3 is 6.18 Å². The summed E-state index contributed by atoms with van der Waals surface area (Å²) in [6, 6.07) is 4.68. The van der Waals surface area contributed by atoms with E-state index in [2.05, 4.69) is 17.2 Å². The molecule has 1 fully saturated rings. The molecule has 34 heavy (non-hydrogen) atoms. The van der Waals surface area contributed by atoms with Gasteiger partial charge in [0.2, 0.25) is 5.91 Å². The highest BCUT2D eigenvalue weighted by atomic mass is 32.1. The van der Waals surface area contributed by atoms with Gasteiger partial charge in [-0.25, -0.2) is 4.98 Å². The summed E-state index contributed by atoms with van der Waals surface area (Å²) >= 11 is 0.922. The second-order valence-corrected chi connectivity index (χ2v) is 9.50. The Bertz CT molecular complexity index is 1320. The zero-order valence-electron chi connectivity index (χ0n) is 18.6. The molecule has 3 heterocycles. The van der Waals surface area contributed by atoms with Gasteiger partial charge in [0, 0.05) is 13.1 Å². The summed E-state index contributed by atoms with van der Waals surface area (Å²) in [4.78, 5) is 45.0. The van der Waals surface area contributed by atoms with Gasteiger partial charge in [-0.1, -0.05) is 19.1 Å². The topological polar surface area (TPSA) is 84.3 Å². The lowest BCUT2D eigenvalue weighted by atomic mass is 10.0. The molecule has 1 aliphatic heterocycles. The number of likely N-dealkylation sites (tertiary alicyclic amines) is 1. The van der Waals surface area contributed by atoms with Gasteiger partial charge in [0.15, 0.2) is 0 Å². The van der Waals surface area contributed by atoms with Crippen LogP contribution in [0.25, 0.3) is 10.2 Å². The van der Waals surface area contributed by atoms with Crippen molar-refractivity contribution in [1.29, 1.82) is 0 Å². The van der Waals surface area contributed by atoms with Crippen molar-refractivity contribution >= 4 is 39.1 Å². The summed E-state index contributed by atoms with van der Waals surface area (Å²) < 4.78 is 41.0. The van der Waals surface area contributed by atoms with Crippen LogP contribution in [0.15, 0.2) is 35.4 Å². The SMILES string of the molecule is Cc1c(C(=O)Nc2ccccc2C(F)(F)F)sc2ncn(CC(=O)N3CCC[C@@H](C)C3)c(=O)c12. The fraction of sp³-hybridized carbons (Fsp3) is 0.391. The third kappa shape index (κ3) is 4.70. The van der Waals surface area contributed by atoms with Crippen LogP contribution in [-0.4, -0.2) is 39.4 Å². The van der Waals surface area contributed by atoms with Gasteiger partial charge in [-0.2, -0.15) is 13.2 Å². The van der Waals surface area contributed by atoms with E-state index in [0.717, 1.165) is 30.2 Å². The van der Waals surface area contributed by atoms with Gasteiger partial charge in [-0.3, -0.25) is 19.0 Å². The van der Waals surface area contributed by atoms with Gasteiger partial charge < -0.3 is 10.2 Å². The van der Waals surface area contributed by atoms with E-state index in [0.29, 0.717) is 24.6 Å². The second kappa shape index (κ2) is 9.21. The molecule has 1 atom stereocenters. The third-order valence-electron chi connectivity index (χ3n) is 5.92. The molecular formula is C23H23F3N4O3S. The standard InChI is InChI=1S/C23H23F3N4O3S/c1-13-6-5-9-29(10-13)17(31)11-30-12-27-21-18(22(30)33)14(2)19(34-21)20(32)28-16-8-4-3-7-15(16)23(24,25)26/h3-4,7-8,12-13H,5-6,9-11H2,1-2H3,(H,28,32)/t13-/m1/s1. The Morgan fingerprint density at radius 3 is 2.71 bits per heavy atom. The minimum Gasteiger partial charge on any atom is -0.341 e. The molecule has 1 saturated heterocycles. The van der Waals surface area contributed by atoms with E-state index in [9.17, 15) is 27.6 Å². The van der Waals surface area contributed by atoms with Crippen LogP contribution < -0.4 is 10.9 Å². The third-order valence-corrected chi connectivity index (χ3v) is 7.12. The quantitative estimate of drug-likeness (QED) is 0.589. The minimum absolute atomic E-state index is 0.0884. The van der Waals surface area contributed by atoms with E-state index >= 15 is 0 Å². The molecule has 1 aliphatic rings. The van der Waals surface area contributed by atoms with Crippen LogP contribution in [0.5, 0.6) is 0 Å². The fourth-order valence-electron chi connectivity index (χ4n) is 4.17. The number of fused-ring (bicyclic) bond motifs is 1.